The van der Waals surface area contributed by atoms with Crippen molar-refractivity contribution < 1.29 is 10.0 Å². The summed E-state index contributed by atoms with van der Waals surface area (Å²) in [7, 11) is 0. The first-order valence-electron chi connectivity index (χ1n) is 5.93. The highest BCUT2D eigenvalue weighted by molar-refractivity contribution is 6.31. The van der Waals surface area contributed by atoms with Crippen molar-refractivity contribution in [3.63, 3.8) is 0 Å². The smallest absolute Gasteiger partial charge is 0.292 e. The van der Waals surface area contributed by atoms with E-state index < -0.39 is 4.92 Å². The summed E-state index contributed by atoms with van der Waals surface area (Å²) < 4.78 is 0. The molecule has 0 fully saturated rings. The third kappa shape index (κ3) is 3.19. The number of rotatable bonds is 4. The molecule has 0 saturated heterocycles. The summed E-state index contributed by atoms with van der Waals surface area (Å²) in [6.45, 7) is 2.18. The number of aromatic hydroxyl groups is 1. The summed E-state index contributed by atoms with van der Waals surface area (Å²) in [6, 6.07) is 9.51. The van der Waals surface area contributed by atoms with Crippen molar-refractivity contribution in [1.29, 1.82) is 0 Å². The quantitative estimate of drug-likeness (QED) is 0.662. The van der Waals surface area contributed by atoms with Crippen LogP contribution in [0.5, 0.6) is 5.75 Å². The number of aryl methyl sites for hydroxylation is 1. The molecule has 0 spiro atoms. The number of nitro benzene ring substituents is 1. The van der Waals surface area contributed by atoms with Crippen LogP contribution in [0.1, 0.15) is 11.1 Å². The Bertz CT molecular complexity index is 659. The largest absolute Gasteiger partial charge is 0.508 e. The van der Waals surface area contributed by atoms with Crippen LogP contribution in [0.3, 0.4) is 0 Å². The van der Waals surface area contributed by atoms with E-state index in [4.69, 9.17) is 11.6 Å². The van der Waals surface area contributed by atoms with Gasteiger partial charge in [0.15, 0.2) is 0 Å². The monoisotopic (exact) mass is 292 g/mol. The lowest BCUT2D eigenvalue weighted by molar-refractivity contribution is -0.384. The molecule has 0 aliphatic rings. The molecule has 0 aliphatic heterocycles. The van der Waals surface area contributed by atoms with Crippen LogP contribution in [-0.2, 0) is 6.54 Å². The van der Waals surface area contributed by atoms with Gasteiger partial charge >= 0.3 is 0 Å². The van der Waals surface area contributed by atoms with Crippen molar-refractivity contribution in [2.75, 3.05) is 5.32 Å². The SMILES string of the molecule is Cc1ccc(O)c(CNc2cc(Cl)ccc2[N+](=O)[O-])c1. The molecule has 20 heavy (non-hydrogen) atoms. The van der Waals surface area contributed by atoms with Gasteiger partial charge in [-0.1, -0.05) is 29.3 Å². The zero-order valence-corrected chi connectivity index (χ0v) is 11.5. The van der Waals surface area contributed by atoms with Crippen LogP contribution in [0, 0.1) is 17.0 Å². The van der Waals surface area contributed by atoms with Gasteiger partial charge in [0.1, 0.15) is 11.4 Å². The second-order valence-electron chi connectivity index (χ2n) is 4.40. The van der Waals surface area contributed by atoms with Crippen molar-refractivity contribution in [3.8, 4) is 5.75 Å². The first kappa shape index (κ1) is 14.1. The number of hydrogen-bond donors (Lipinski definition) is 2. The molecule has 5 nitrogen and oxygen atoms in total. The first-order valence-corrected chi connectivity index (χ1v) is 6.31. The molecule has 0 saturated carbocycles. The van der Waals surface area contributed by atoms with Gasteiger partial charge in [-0.25, -0.2) is 0 Å². The molecule has 2 aromatic carbocycles. The average molecular weight is 293 g/mol. The number of halogens is 1. The molecular weight excluding hydrogens is 280 g/mol. The molecule has 6 heteroatoms. The van der Waals surface area contributed by atoms with E-state index in [0.717, 1.165) is 5.56 Å². The lowest BCUT2D eigenvalue weighted by Gasteiger charge is -2.09. The van der Waals surface area contributed by atoms with Gasteiger partial charge in [0.2, 0.25) is 0 Å². The lowest BCUT2D eigenvalue weighted by Crippen LogP contribution is -2.03. The van der Waals surface area contributed by atoms with Gasteiger partial charge in [-0.05, 0) is 25.1 Å². The van der Waals surface area contributed by atoms with Crippen molar-refractivity contribution in [1.82, 2.24) is 0 Å². The Kier molecular flexibility index (Phi) is 4.10. The summed E-state index contributed by atoms with van der Waals surface area (Å²) in [5.41, 5.74) is 1.93. The van der Waals surface area contributed by atoms with Gasteiger partial charge in [-0.3, -0.25) is 10.1 Å². The maximum Gasteiger partial charge on any atom is 0.292 e. The molecule has 2 N–H and O–H groups in total. The van der Waals surface area contributed by atoms with Crippen LogP contribution in [-0.4, -0.2) is 10.0 Å². The topological polar surface area (TPSA) is 75.4 Å². The standard InChI is InChI=1S/C14H13ClN2O3/c1-9-2-5-14(18)10(6-9)8-16-12-7-11(15)3-4-13(12)17(19)20/h2-7,16,18H,8H2,1H3. The fourth-order valence-corrected chi connectivity index (χ4v) is 2.03. The highest BCUT2D eigenvalue weighted by Gasteiger charge is 2.14. The Morgan fingerprint density at radius 3 is 2.75 bits per heavy atom. The first-order chi connectivity index (χ1) is 9.47. The zero-order valence-electron chi connectivity index (χ0n) is 10.8. The van der Waals surface area contributed by atoms with Crippen LogP contribution in [0.4, 0.5) is 11.4 Å². The Hall–Kier alpha value is -2.27. The molecule has 0 heterocycles. The van der Waals surface area contributed by atoms with E-state index in [1.54, 1.807) is 12.1 Å². The number of nitrogens with zero attached hydrogens (tertiary/aromatic N) is 1. The highest BCUT2D eigenvalue weighted by atomic mass is 35.5. The Balaban J connectivity index is 2.24. The van der Waals surface area contributed by atoms with Crippen molar-refractivity contribution in [2.45, 2.75) is 13.5 Å². The van der Waals surface area contributed by atoms with Crippen LogP contribution in [0.15, 0.2) is 36.4 Å². The predicted molar refractivity (Wildman–Crippen MR) is 78.3 cm³/mol. The molecule has 0 aromatic heterocycles. The third-order valence-corrected chi connectivity index (χ3v) is 3.09. The molecular formula is C14H13ClN2O3. The van der Waals surface area contributed by atoms with E-state index in [2.05, 4.69) is 5.32 Å². The van der Waals surface area contributed by atoms with Gasteiger partial charge in [-0.15, -0.1) is 0 Å². The number of hydrogen-bond acceptors (Lipinski definition) is 4. The van der Waals surface area contributed by atoms with Crippen LogP contribution in [0.25, 0.3) is 0 Å². The molecule has 0 amide bonds. The van der Waals surface area contributed by atoms with Gasteiger partial charge in [0.25, 0.3) is 5.69 Å². The Morgan fingerprint density at radius 1 is 1.30 bits per heavy atom. The summed E-state index contributed by atoms with van der Waals surface area (Å²) in [6.07, 6.45) is 0. The fraction of sp³-hybridized carbons (Fsp3) is 0.143. The Labute approximate surface area is 121 Å². The van der Waals surface area contributed by atoms with E-state index in [-0.39, 0.29) is 18.0 Å². The maximum absolute atomic E-state index is 10.9. The number of benzene rings is 2. The molecule has 104 valence electrons. The van der Waals surface area contributed by atoms with Crippen molar-refractivity contribution >= 4 is 23.0 Å². The van der Waals surface area contributed by atoms with Crippen molar-refractivity contribution in [3.05, 3.63) is 62.7 Å². The number of anilines is 1. The van der Waals surface area contributed by atoms with E-state index in [9.17, 15) is 15.2 Å². The number of nitro groups is 1. The van der Waals surface area contributed by atoms with Crippen LogP contribution in [0.2, 0.25) is 5.02 Å². The normalized spacial score (nSPS) is 10.3. The number of phenols is 1. The Morgan fingerprint density at radius 2 is 2.05 bits per heavy atom. The van der Waals surface area contributed by atoms with Crippen molar-refractivity contribution in [2.24, 2.45) is 0 Å². The highest BCUT2D eigenvalue weighted by Crippen LogP contribution is 2.29. The number of phenolic OH excluding ortho intramolecular Hbond substituents is 1. The third-order valence-electron chi connectivity index (χ3n) is 2.86. The average Bonchev–Trinajstić information content (AvgIpc) is 2.39. The summed E-state index contributed by atoms with van der Waals surface area (Å²) >= 11 is 5.85. The van der Waals surface area contributed by atoms with E-state index in [1.165, 1.54) is 18.2 Å². The lowest BCUT2D eigenvalue weighted by atomic mass is 10.1. The molecule has 0 unspecified atom stereocenters. The van der Waals surface area contributed by atoms with Crippen LogP contribution >= 0.6 is 11.6 Å². The van der Waals surface area contributed by atoms with E-state index in [1.807, 2.05) is 13.0 Å². The van der Waals surface area contributed by atoms with Gasteiger partial charge in [0, 0.05) is 23.2 Å². The summed E-state index contributed by atoms with van der Waals surface area (Å²) in [4.78, 5) is 10.5. The minimum Gasteiger partial charge on any atom is -0.508 e. The molecule has 2 aromatic rings. The summed E-state index contributed by atoms with van der Waals surface area (Å²) in [5, 5.41) is 24.0. The second-order valence-corrected chi connectivity index (χ2v) is 4.84. The zero-order chi connectivity index (χ0) is 14.7. The number of nitrogens with one attached hydrogen (secondary N) is 1. The van der Waals surface area contributed by atoms with E-state index in [0.29, 0.717) is 16.3 Å². The minimum atomic E-state index is -0.477. The minimum absolute atomic E-state index is 0.0541. The molecule has 2 rings (SSSR count). The molecule has 0 aliphatic carbocycles. The van der Waals surface area contributed by atoms with E-state index >= 15 is 0 Å². The second kappa shape index (κ2) is 5.79. The fourth-order valence-electron chi connectivity index (χ4n) is 1.86. The summed E-state index contributed by atoms with van der Waals surface area (Å²) in [5.74, 6) is 0.146. The molecule has 0 bridgehead atoms. The molecule has 0 atom stereocenters. The maximum atomic E-state index is 10.9. The van der Waals surface area contributed by atoms with Gasteiger partial charge in [-0.2, -0.15) is 0 Å². The molecule has 0 radical (unpaired) electrons. The predicted octanol–water partition coefficient (Wildman–Crippen LogP) is 3.87. The van der Waals surface area contributed by atoms with Gasteiger partial charge < -0.3 is 10.4 Å². The van der Waals surface area contributed by atoms with Crippen LogP contribution < -0.4 is 5.32 Å². The van der Waals surface area contributed by atoms with Gasteiger partial charge in [0.05, 0.1) is 4.92 Å².